The monoisotopic (exact) mass is 649 g/mol. The van der Waals surface area contributed by atoms with Crippen molar-refractivity contribution in [1.82, 2.24) is 0 Å². The fourth-order valence-electron chi connectivity index (χ4n) is 5.32. The predicted molar refractivity (Wildman–Crippen MR) is 114 cm³/mol. The molecule has 0 heterocycles. The zero-order chi connectivity index (χ0) is 16.4. The Hall–Kier alpha value is 0.840. The zero-order valence-corrected chi connectivity index (χ0v) is 19.1. The predicted octanol–water partition coefficient (Wildman–Crippen LogP) is 4.71. The van der Waals surface area contributed by atoms with E-state index in [1.165, 1.54) is 6.42 Å². The topological polar surface area (TPSA) is 52.3 Å². The molecule has 0 amide bonds. The summed E-state index contributed by atoms with van der Waals surface area (Å²) in [6.45, 7) is 0. The maximum Gasteiger partial charge on any atom is 0.339 e. The number of carbonyl (C=O) groups excluding carboxylic acids is 1. The molecule has 4 saturated carbocycles. The maximum absolute atomic E-state index is 12.9. The fraction of sp³-hybridized carbons (Fsp3) is 0.588. The van der Waals surface area contributed by atoms with Crippen molar-refractivity contribution in [3.8, 4) is 0 Å². The first-order valence-corrected chi connectivity index (χ1v) is 11.2. The molecule has 124 valence electrons. The third-order valence-corrected chi connectivity index (χ3v) is 9.24. The average molecular weight is 649 g/mol. The van der Waals surface area contributed by atoms with Gasteiger partial charge in [0, 0.05) is 22.7 Å². The number of hydrogen-bond donors (Lipinski definition) is 1. The fourth-order valence-corrected chi connectivity index (χ4v) is 7.70. The first-order chi connectivity index (χ1) is 10.8. The molecule has 2 unspecified atom stereocenters. The zero-order valence-electron chi connectivity index (χ0n) is 12.6. The van der Waals surface area contributed by atoms with Crippen molar-refractivity contribution in [1.29, 1.82) is 0 Å². The molecule has 2 N–H and O–H groups in total. The first-order valence-electron chi connectivity index (χ1n) is 7.94. The highest BCUT2D eigenvalue weighted by atomic mass is 127. The van der Waals surface area contributed by atoms with Gasteiger partial charge in [0.05, 0.1) is 5.56 Å². The van der Waals surface area contributed by atoms with Crippen LogP contribution in [0.4, 0.5) is 0 Å². The number of carbonyl (C=O) groups is 1. The van der Waals surface area contributed by atoms with E-state index in [1.54, 1.807) is 0 Å². The molecule has 0 aromatic heterocycles. The second-order valence-corrected chi connectivity index (χ2v) is 11.1. The SMILES string of the molecule is NC12CC3CC(C1)CC(OC(=O)c1cc(I)cc(I)c1I)(C3)C2. The molecule has 6 heteroatoms. The number of rotatable bonds is 2. The third-order valence-electron chi connectivity index (χ3n) is 5.57. The molecule has 3 nitrogen and oxygen atoms in total. The van der Waals surface area contributed by atoms with E-state index in [4.69, 9.17) is 10.5 Å². The summed E-state index contributed by atoms with van der Waals surface area (Å²) in [6.07, 6.45) is 6.35. The summed E-state index contributed by atoms with van der Waals surface area (Å²) >= 11 is 6.78. The van der Waals surface area contributed by atoms with E-state index in [9.17, 15) is 4.79 Å². The summed E-state index contributed by atoms with van der Waals surface area (Å²) in [4.78, 5) is 12.9. The van der Waals surface area contributed by atoms with Crippen molar-refractivity contribution in [2.45, 2.75) is 49.7 Å². The van der Waals surface area contributed by atoms with Gasteiger partial charge in [-0.3, -0.25) is 0 Å². The Morgan fingerprint density at radius 2 is 1.78 bits per heavy atom. The Morgan fingerprint density at radius 1 is 1.13 bits per heavy atom. The van der Waals surface area contributed by atoms with Crippen molar-refractivity contribution in [2.75, 3.05) is 0 Å². The first kappa shape index (κ1) is 17.3. The second-order valence-electron chi connectivity index (χ2n) is 7.65. The van der Waals surface area contributed by atoms with Gasteiger partial charge in [0.2, 0.25) is 0 Å². The molecule has 1 aromatic carbocycles. The minimum atomic E-state index is -0.314. The Labute approximate surface area is 177 Å². The van der Waals surface area contributed by atoms with E-state index < -0.39 is 0 Å². The van der Waals surface area contributed by atoms with Gasteiger partial charge in [0.15, 0.2) is 0 Å². The summed E-state index contributed by atoms with van der Waals surface area (Å²) in [6, 6.07) is 4.02. The van der Waals surface area contributed by atoms with Crippen LogP contribution in [-0.4, -0.2) is 17.1 Å². The average Bonchev–Trinajstić information content (AvgIpc) is 2.39. The molecule has 0 saturated heterocycles. The summed E-state index contributed by atoms with van der Waals surface area (Å²) in [5, 5.41) is 0. The molecule has 0 radical (unpaired) electrons. The van der Waals surface area contributed by atoms with E-state index in [2.05, 4.69) is 73.8 Å². The van der Waals surface area contributed by atoms with Crippen molar-refractivity contribution in [3.63, 3.8) is 0 Å². The lowest BCUT2D eigenvalue weighted by atomic mass is 9.51. The molecular weight excluding hydrogens is 631 g/mol. The van der Waals surface area contributed by atoms with Crippen molar-refractivity contribution in [2.24, 2.45) is 17.6 Å². The Balaban J connectivity index is 1.62. The van der Waals surface area contributed by atoms with Crippen LogP contribution >= 0.6 is 67.8 Å². The number of nitrogens with two attached hydrogens (primary N) is 1. The molecular formula is C17H18I3NO2. The van der Waals surface area contributed by atoms with E-state index in [0.717, 1.165) is 42.8 Å². The van der Waals surface area contributed by atoms with Crippen LogP contribution in [0, 0.1) is 22.5 Å². The maximum atomic E-state index is 12.9. The third kappa shape index (κ3) is 3.18. The van der Waals surface area contributed by atoms with Gasteiger partial charge in [-0.05, 0) is 124 Å². The van der Waals surface area contributed by atoms with E-state index in [0.29, 0.717) is 17.4 Å². The normalized spacial score (nSPS) is 37.9. The Bertz CT molecular complexity index is 677. The van der Waals surface area contributed by atoms with Crippen LogP contribution in [0.2, 0.25) is 0 Å². The quantitative estimate of drug-likeness (QED) is 0.287. The second kappa shape index (κ2) is 5.94. The molecule has 5 rings (SSSR count). The number of ether oxygens (including phenoxy) is 1. The van der Waals surface area contributed by atoms with Crippen LogP contribution in [0.5, 0.6) is 0 Å². The van der Waals surface area contributed by atoms with Gasteiger partial charge in [-0.2, -0.15) is 0 Å². The number of halogens is 3. The van der Waals surface area contributed by atoms with E-state index >= 15 is 0 Å². The molecule has 0 aliphatic heterocycles. The lowest BCUT2D eigenvalue weighted by Gasteiger charge is -2.59. The van der Waals surface area contributed by atoms with Gasteiger partial charge in [0.25, 0.3) is 0 Å². The Kier molecular flexibility index (Phi) is 4.46. The lowest BCUT2D eigenvalue weighted by Crippen LogP contribution is -2.64. The highest BCUT2D eigenvalue weighted by Crippen LogP contribution is 2.58. The molecule has 23 heavy (non-hydrogen) atoms. The molecule has 2 atom stereocenters. The number of hydrogen-bond acceptors (Lipinski definition) is 3. The summed E-state index contributed by atoms with van der Waals surface area (Å²) in [7, 11) is 0. The van der Waals surface area contributed by atoms with Crippen LogP contribution in [-0.2, 0) is 4.74 Å². The number of benzene rings is 1. The molecule has 4 fully saturated rings. The van der Waals surface area contributed by atoms with Gasteiger partial charge >= 0.3 is 5.97 Å². The van der Waals surface area contributed by atoms with Crippen LogP contribution < -0.4 is 5.73 Å². The summed E-state index contributed by atoms with van der Waals surface area (Å²) < 4.78 is 9.32. The van der Waals surface area contributed by atoms with Gasteiger partial charge in [-0.25, -0.2) is 4.79 Å². The summed E-state index contributed by atoms with van der Waals surface area (Å²) in [5.74, 6) is 1.12. The van der Waals surface area contributed by atoms with Gasteiger partial charge in [-0.1, -0.05) is 0 Å². The van der Waals surface area contributed by atoms with Crippen molar-refractivity contribution < 1.29 is 9.53 Å². The van der Waals surface area contributed by atoms with Gasteiger partial charge in [-0.15, -0.1) is 0 Å². The Morgan fingerprint density at radius 3 is 2.39 bits per heavy atom. The van der Waals surface area contributed by atoms with E-state index in [-0.39, 0.29) is 17.1 Å². The van der Waals surface area contributed by atoms with Crippen LogP contribution in [0.1, 0.15) is 48.9 Å². The lowest BCUT2D eigenvalue weighted by molar-refractivity contribution is -0.139. The molecule has 4 aliphatic carbocycles. The molecule has 0 spiro atoms. The van der Waals surface area contributed by atoms with Crippen LogP contribution in [0.3, 0.4) is 0 Å². The molecule has 1 aromatic rings. The minimum absolute atomic E-state index is 0.100. The van der Waals surface area contributed by atoms with Crippen molar-refractivity contribution in [3.05, 3.63) is 28.4 Å². The molecule has 4 aliphatic rings. The van der Waals surface area contributed by atoms with Crippen molar-refractivity contribution >= 4 is 73.7 Å². The minimum Gasteiger partial charge on any atom is -0.455 e. The highest BCUT2D eigenvalue weighted by molar-refractivity contribution is 14.1. The number of esters is 1. The smallest absolute Gasteiger partial charge is 0.339 e. The van der Waals surface area contributed by atoms with Gasteiger partial charge in [0.1, 0.15) is 5.60 Å². The molecule has 4 bridgehead atoms. The standard InChI is InChI=1S/C17H18I3NO2/c18-11-2-12(14(20)13(19)3-11)15(22)23-17-6-9-1-10(7-17)5-16(21,4-9)8-17/h2-3,9-10H,1,4-8,21H2. The van der Waals surface area contributed by atoms with Crippen LogP contribution in [0.15, 0.2) is 12.1 Å². The highest BCUT2D eigenvalue weighted by Gasteiger charge is 2.58. The summed E-state index contributed by atoms with van der Waals surface area (Å²) in [5.41, 5.74) is 6.89. The largest absolute Gasteiger partial charge is 0.455 e. The van der Waals surface area contributed by atoms with E-state index in [1.807, 2.05) is 6.07 Å². The van der Waals surface area contributed by atoms with Crippen LogP contribution in [0.25, 0.3) is 0 Å². The van der Waals surface area contributed by atoms with Gasteiger partial charge < -0.3 is 10.5 Å².